The van der Waals surface area contributed by atoms with Crippen LogP contribution in [0.1, 0.15) is 43.5 Å². The van der Waals surface area contributed by atoms with E-state index in [9.17, 15) is 14.9 Å². The molecule has 0 bridgehead atoms. The van der Waals surface area contributed by atoms with Gasteiger partial charge in [-0.05, 0) is 32.8 Å². The van der Waals surface area contributed by atoms with Gasteiger partial charge in [-0.2, -0.15) is 0 Å². The summed E-state index contributed by atoms with van der Waals surface area (Å²) in [6.07, 6.45) is 3.15. The van der Waals surface area contributed by atoms with E-state index in [1.807, 2.05) is 18.9 Å². The van der Waals surface area contributed by atoms with Crippen LogP contribution in [0, 0.1) is 10.1 Å². The first kappa shape index (κ1) is 15.2. The number of nitro groups is 1. The molecule has 2 unspecified atom stereocenters. The van der Waals surface area contributed by atoms with Crippen LogP contribution in [0.15, 0.2) is 18.2 Å². The number of hydrazine groups is 1. The van der Waals surface area contributed by atoms with Crippen molar-refractivity contribution in [2.75, 3.05) is 5.73 Å². The Morgan fingerprint density at radius 2 is 2.00 bits per heavy atom. The summed E-state index contributed by atoms with van der Waals surface area (Å²) in [6.45, 7) is 4.10. The molecule has 1 aromatic carbocycles. The number of piperidine rings is 1. The molecule has 0 radical (unpaired) electrons. The Labute approximate surface area is 123 Å². The first-order valence-corrected chi connectivity index (χ1v) is 7.04. The Bertz CT molecular complexity index is 551. The number of anilines is 1. The lowest BCUT2D eigenvalue weighted by Crippen LogP contribution is -2.54. The van der Waals surface area contributed by atoms with Crippen molar-refractivity contribution in [3.05, 3.63) is 33.9 Å². The lowest BCUT2D eigenvalue weighted by molar-refractivity contribution is -0.383. The van der Waals surface area contributed by atoms with Crippen molar-refractivity contribution in [2.24, 2.45) is 0 Å². The molecule has 114 valence electrons. The minimum absolute atomic E-state index is 0.0997. The highest BCUT2D eigenvalue weighted by Crippen LogP contribution is 2.26. The molecule has 2 atom stereocenters. The second kappa shape index (κ2) is 6.09. The predicted molar refractivity (Wildman–Crippen MR) is 79.6 cm³/mol. The van der Waals surface area contributed by atoms with Crippen molar-refractivity contribution in [3.63, 3.8) is 0 Å². The number of rotatable bonds is 3. The summed E-state index contributed by atoms with van der Waals surface area (Å²) in [5, 5.41) is 12.8. The van der Waals surface area contributed by atoms with Crippen LogP contribution in [0.5, 0.6) is 0 Å². The van der Waals surface area contributed by atoms with Crippen LogP contribution in [-0.4, -0.2) is 27.9 Å². The van der Waals surface area contributed by atoms with Gasteiger partial charge in [0.15, 0.2) is 0 Å². The minimum atomic E-state index is -0.585. The zero-order chi connectivity index (χ0) is 15.6. The maximum absolute atomic E-state index is 12.3. The Hall–Kier alpha value is -2.15. The third kappa shape index (κ3) is 3.13. The molecule has 1 aliphatic heterocycles. The summed E-state index contributed by atoms with van der Waals surface area (Å²) >= 11 is 0. The van der Waals surface area contributed by atoms with Gasteiger partial charge in [0, 0.05) is 18.2 Å². The van der Waals surface area contributed by atoms with Gasteiger partial charge in [0.25, 0.3) is 11.6 Å². The van der Waals surface area contributed by atoms with Gasteiger partial charge in [-0.25, -0.2) is 5.01 Å². The Balaban J connectivity index is 2.21. The number of carbonyl (C=O) groups excluding carboxylic acids is 1. The fourth-order valence-electron chi connectivity index (χ4n) is 2.73. The monoisotopic (exact) mass is 292 g/mol. The summed E-state index contributed by atoms with van der Waals surface area (Å²) in [7, 11) is 0. The largest absolute Gasteiger partial charge is 0.393 e. The summed E-state index contributed by atoms with van der Waals surface area (Å²) in [6, 6.07) is 4.72. The number of nitro benzene ring substituents is 1. The van der Waals surface area contributed by atoms with E-state index in [2.05, 4.69) is 5.43 Å². The van der Waals surface area contributed by atoms with E-state index in [0.717, 1.165) is 19.3 Å². The molecular formula is C14H20N4O3. The molecule has 0 aliphatic carbocycles. The van der Waals surface area contributed by atoms with Crippen LogP contribution < -0.4 is 11.2 Å². The standard InChI is InChI=1S/C14H20N4O3/c1-9-5-3-6-10(2)17(9)16-14(19)11-7-4-8-12(13(11)15)18(20)21/h4,7-10H,3,5-6,15H2,1-2H3,(H,16,19). The molecule has 21 heavy (non-hydrogen) atoms. The van der Waals surface area contributed by atoms with Crippen molar-refractivity contribution < 1.29 is 9.72 Å². The number of amides is 1. The molecular weight excluding hydrogens is 272 g/mol. The molecule has 0 spiro atoms. The fraction of sp³-hybridized carbons (Fsp3) is 0.500. The van der Waals surface area contributed by atoms with Gasteiger partial charge in [-0.1, -0.05) is 12.5 Å². The third-order valence-electron chi connectivity index (χ3n) is 3.95. The first-order valence-electron chi connectivity index (χ1n) is 7.04. The van der Waals surface area contributed by atoms with E-state index in [-0.39, 0.29) is 29.0 Å². The zero-order valence-electron chi connectivity index (χ0n) is 12.2. The van der Waals surface area contributed by atoms with Gasteiger partial charge >= 0.3 is 0 Å². The zero-order valence-corrected chi connectivity index (χ0v) is 12.2. The molecule has 2 rings (SSSR count). The number of carbonyl (C=O) groups is 1. The average molecular weight is 292 g/mol. The van der Waals surface area contributed by atoms with Crippen molar-refractivity contribution >= 4 is 17.3 Å². The number of nitrogens with zero attached hydrogens (tertiary/aromatic N) is 2. The second-order valence-corrected chi connectivity index (χ2v) is 5.47. The molecule has 1 fully saturated rings. The van der Waals surface area contributed by atoms with Crippen LogP contribution in [0.25, 0.3) is 0 Å². The van der Waals surface area contributed by atoms with Crippen molar-refractivity contribution in [2.45, 2.75) is 45.2 Å². The van der Waals surface area contributed by atoms with E-state index < -0.39 is 10.8 Å². The van der Waals surface area contributed by atoms with Crippen LogP contribution in [0.3, 0.4) is 0 Å². The summed E-state index contributed by atoms with van der Waals surface area (Å²) < 4.78 is 0. The number of benzene rings is 1. The normalized spacial score (nSPS) is 22.8. The summed E-state index contributed by atoms with van der Waals surface area (Å²) in [5.41, 5.74) is 8.36. The quantitative estimate of drug-likeness (QED) is 0.504. The van der Waals surface area contributed by atoms with Crippen LogP contribution in [0.4, 0.5) is 11.4 Å². The summed E-state index contributed by atoms with van der Waals surface area (Å²) in [4.78, 5) is 22.6. The fourth-order valence-corrected chi connectivity index (χ4v) is 2.73. The lowest BCUT2D eigenvalue weighted by atomic mass is 10.00. The number of hydrogen-bond donors (Lipinski definition) is 2. The molecule has 0 saturated carbocycles. The van der Waals surface area contributed by atoms with Gasteiger partial charge in [0.05, 0.1) is 10.5 Å². The minimum Gasteiger partial charge on any atom is -0.393 e. The van der Waals surface area contributed by atoms with Crippen molar-refractivity contribution in [1.29, 1.82) is 0 Å². The molecule has 7 nitrogen and oxygen atoms in total. The molecule has 1 aliphatic rings. The highest BCUT2D eigenvalue weighted by Gasteiger charge is 2.27. The van der Waals surface area contributed by atoms with E-state index in [1.165, 1.54) is 18.2 Å². The number of para-hydroxylation sites is 1. The van der Waals surface area contributed by atoms with Gasteiger partial charge in [0.2, 0.25) is 0 Å². The second-order valence-electron chi connectivity index (χ2n) is 5.47. The van der Waals surface area contributed by atoms with Gasteiger partial charge in [-0.15, -0.1) is 0 Å². The van der Waals surface area contributed by atoms with Gasteiger partial charge < -0.3 is 5.73 Å². The predicted octanol–water partition coefficient (Wildman–Crippen LogP) is 2.08. The third-order valence-corrected chi connectivity index (χ3v) is 3.95. The van der Waals surface area contributed by atoms with Gasteiger partial charge in [-0.3, -0.25) is 20.3 Å². The SMILES string of the molecule is CC1CCCC(C)N1NC(=O)c1cccc([N+](=O)[O-])c1N. The molecule has 1 amide bonds. The highest BCUT2D eigenvalue weighted by atomic mass is 16.6. The highest BCUT2D eigenvalue weighted by molar-refractivity contribution is 6.00. The average Bonchev–Trinajstić information content (AvgIpc) is 2.42. The molecule has 1 saturated heterocycles. The summed E-state index contributed by atoms with van der Waals surface area (Å²) in [5.74, 6) is -0.406. The van der Waals surface area contributed by atoms with Crippen LogP contribution >= 0.6 is 0 Å². The van der Waals surface area contributed by atoms with Crippen LogP contribution in [0.2, 0.25) is 0 Å². The number of hydrogen-bond acceptors (Lipinski definition) is 5. The molecule has 1 heterocycles. The number of nitrogens with two attached hydrogens (primary N) is 1. The maximum Gasteiger partial charge on any atom is 0.292 e. The molecule has 7 heteroatoms. The van der Waals surface area contributed by atoms with Gasteiger partial charge in [0.1, 0.15) is 5.69 Å². The lowest BCUT2D eigenvalue weighted by Gasteiger charge is -2.38. The topological polar surface area (TPSA) is 102 Å². The van der Waals surface area contributed by atoms with E-state index in [4.69, 9.17) is 5.73 Å². The molecule has 1 aromatic rings. The van der Waals surface area contributed by atoms with Crippen molar-refractivity contribution in [3.8, 4) is 0 Å². The molecule has 3 N–H and O–H groups in total. The number of nitrogens with one attached hydrogen (secondary N) is 1. The first-order chi connectivity index (χ1) is 9.91. The Morgan fingerprint density at radius 1 is 1.38 bits per heavy atom. The van der Waals surface area contributed by atoms with E-state index in [0.29, 0.717) is 0 Å². The van der Waals surface area contributed by atoms with Crippen LogP contribution in [-0.2, 0) is 0 Å². The smallest absolute Gasteiger partial charge is 0.292 e. The van der Waals surface area contributed by atoms with Crippen molar-refractivity contribution in [1.82, 2.24) is 10.4 Å². The Kier molecular flexibility index (Phi) is 4.42. The Morgan fingerprint density at radius 3 is 2.57 bits per heavy atom. The van der Waals surface area contributed by atoms with E-state index in [1.54, 1.807) is 0 Å². The maximum atomic E-state index is 12.3. The number of nitrogen functional groups attached to an aromatic ring is 1. The molecule has 0 aromatic heterocycles. The van der Waals surface area contributed by atoms with E-state index >= 15 is 0 Å².